The van der Waals surface area contributed by atoms with E-state index < -0.39 is 6.10 Å². The van der Waals surface area contributed by atoms with Crippen molar-refractivity contribution in [2.24, 2.45) is 0 Å². The zero-order valence-electron chi connectivity index (χ0n) is 17.1. The van der Waals surface area contributed by atoms with Crippen molar-refractivity contribution >= 4 is 6.03 Å². The number of carbonyl (C=O) groups excluding carboxylic acids is 1. The van der Waals surface area contributed by atoms with E-state index in [9.17, 15) is 9.90 Å². The van der Waals surface area contributed by atoms with Gasteiger partial charge in [0.2, 0.25) is 0 Å². The Balaban J connectivity index is 1.62. The molecule has 1 fully saturated rings. The van der Waals surface area contributed by atoms with E-state index in [-0.39, 0.29) is 12.1 Å². The van der Waals surface area contributed by atoms with Crippen LogP contribution in [0.4, 0.5) is 4.79 Å². The van der Waals surface area contributed by atoms with Crippen molar-refractivity contribution in [3.8, 4) is 0 Å². The summed E-state index contributed by atoms with van der Waals surface area (Å²) >= 11 is 0. The normalized spacial score (nSPS) is 19.6. The molecule has 4 nitrogen and oxygen atoms in total. The van der Waals surface area contributed by atoms with Crippen LogP contribution in [0.1, 0.15) is 23.1 Å². The second-order valence-corrected chi connectivity index (χ2v) is 7.92. The van der Waals surface area contributed by atoms with Crippen LogP contribution >= 0.6 is 0 Å². The van der Waals surface area contributed by atoms with Gasteiger partial charge in [-0.3, -0.25) is 0 Å². The van der Waals surface area contributed by atoms with Gasteiger partial charge in [0.1, 0.15) is 0 Å². The average molecular weight is 401 g/mol. The van der Waals surface area contributed by atoms with E-state index in [4.69, 9.17) is 0 Å². The van der Waals surface area contributed by atoms with E-state index in [2.05, 4.69) is 12.1 Å². The summed E-state index contributed by atoms with van der Waals surface area (Å²) in [5, 5.41) is 11.0. The molecule has 1 N–H and O–H groups in total. The molecule has 0 aromatic heterocycles. The van der Waals surface area contributed by atoms with Crippen LogP contribution in [0.5, 0.6) is 0 Å². The summed E-state index contributed by atoms with van der Waals surface area (Å²) in [6.45, 7) is 1.58. The van der Waals surface area contributed by atoms with Crippen LogP contribution in [0.2, 0.25) is 0 Å². The first-order valence-electron chi connectivity index (χ1n) is 10.6. The van der Waals surface area contributed by atoms with E-state index in [0.29, 0.717) is 32.5 Å². The third-order valence-corrected chi connectivity index (χ3v) is 5.76. The van der Waals surface area contributed by atoms with Gasteiger partial charge in [0, 0.05) is 19.6 Å². The molecule has 2 atom stereocenters. The average Bonchev–Trinajstić information content (AvgIpc) is 2.89. The van der Waals surface area contributed by atoms with Crippen molar-refractivity contribution in [3.05, 3.63) is 108 Å². The smallest absolute Gasteiger partial charge is 0.320 e. The lowest BCUT2D eigenvalue weighted by molar-refractivity contribution is 0.0679. The number of benzene rings is 3. The lowest BCUT2D eigenvalue weighted by atomic mass is 9.98. The first kappa shape index (κ1) is 20.2. The van der Waals surface area contributed by atoms with Crippen molar-refractivity contribution in [3.63, 3.8) is 0 Å². The van der Waals surface area contributed by atoms with Gasteiger partial charge < -0.3 is 14.9 Å². The topological polar surface area (TPSA) is 43.8 Å². The molecule has 2 amide bonds. The second kappa shape index (κ2) is 9.59. The molecule has 1 aliphatic rings. The Morgan fingerprint density at radius 2 is 1.23 bits per heavy atom. The number of hydrogen-bond acceptors (Lipinski definition) is 2. The SMILES string of the molecule is O=C1N(Cc2ccccc2)CC[C@@H](O)[C@@H](Cc2ccccc2)N1Cc1ccccc1. The number of aliphatic hydroxyl groups excluding tert-OH is 1. The summed E-state index contributed by atoms with van der Waals surface area (Å²) in [6, 6.07) is 29.9. The van der Waals surface area contributed by atoms with Crippen molar-refractivity contribution in [1.29, 1.82) is 0 Å². The van der Waals surface area contributed by atoms with E-state index in [1.54, 1.807) is 0 Å². The van der Waals surface area contributed by atoms with Crippen LogP contribution < -0.4 is 0 Å². The maximum absolute atomic E-state index is 13.6. The number of carbonyl (C=O) groups is 1. The Bertz CT molecular complexity index is 931. The summed E-state index contributed by atoms with van der Waals surface area (Å²) in [7, 11) is 0. The van der Waals surface area contributed by atoms with Gasteiger partial charge in [-0.2, -0.15) is 0 Å². The van der Waals surface area contributed by atoms with Crippen molar-refractivity contribution in [2.45, 2.75) is 38.1 Å². The molecule has 30 heavy (non-hydrogen) atoms. The Kier molecular flexibility index (Phi) is 6.45. The summed E-state index contributed by atoms with van der Waals surface area (Å²) in [6.07, 6.45) is 0.639. The molecule has 4 rings (SSSR count). The third-order valence-electron chi connectivity index (χ3n) is 5.76. The Hall–Kier alpha value is -3.11. The molecular weight excluding hydrogens is 372 g/mol. The van der Waals surface area contributed by atoms with E-state index in [0.717, 1.165) is 16.7 Å². The van der Waals surface area contributed by atoms with Gasteiger partial charge in [-0.15, -0.1) is 0 Å². The molecule has 0 saturated carbocycles. The minimum atomic E-state index is -0.571. The van der Waals surface area contributed by atoms with Crippen LogP contribution in [-0.4, -0.2) is 39.6 Å². The molecule has 0 radical (unpaired) electrons. The molecule has 0 bridgehead atoms. The molecule has 3 aromatic carbocycles. The Morgan fingerprint density at radius 3 is 1.80 bits per heavy atom. The van der Waals surface area contributed by atoms with Gasteiger partial charge in [-0.25, -0.2) is 4.79 Å². The summed E-state index contributed by atoms with van der Waals surface area (Å²) in [5.41, 5.74) is 3.29. The number of nitrogens with zero attached hydrogens (tertiary/aromatic N) is 2. The van der Waals surface area contributed by atoms with Gasteiger partial charge in [0.25, 0.3) is 0 Å². The van der Waals surface area contributed by atoms with Crippen LogP contribution in [0, 0.1) is 0 Å². The zero-order chi connectivity index (χ0) is 20.8. The Labute approximate surface area is 178 Å². The van der Waals surface area contributed by atoms with Gasteiger partial charge >= 0.3 is 6.03 Å². The first-order valence-corrected chi connectivity index (χ1v) is 10.6. The number of hydrogen-bond donors (Lipinski definition) is 1. The third kappa shape index (κ3) is 4.89. The molecule has 4 heteroatoms. The summed E-state index contributed by atoms with van der Waals surface area (Å²) in [4.78, 5) is 17.4. The lowest BCUT2D eigenvalue weighted by Gasteiger charge is -2.34. The molecule has 0 aliphatic carbocycles. The summed E-state index contributed by atoms with van der Waals surface area (Å²) in [5.74, 6) is 0. The molecule has 1 saturated heterocycles. The maximum Gasteiger partial charge on any atom is 0.320 e. The molecular formula is C26H28N2O2. The predicted octanol–water partition coefficient (Wildman–Crippen LogP) is 4.49. The van der Waals surface area contributed by atoms with Gasteiger partial charge in [-0.05, 0) is 29.5 Å². The molecule has 0 unspecified atom stereocenters. The fraction of sp³-hybridized carbons (Fsp3) is 0.269. The van der Waals surface area contributed by atoms with Crippen LogP contribution in [0.3, 0.4) is 0 Å². The lowest BCUT2D eigenvalue weighted by Crippen LogP contribution is -2.49. The zero-order valence-corrected chi connectivity index (χ0v) is 17.1. The van der Waals surface area contributed by atoms with E-state index in [1.807, 2.05) is 88.7 Å². The number of rotatable bonds is 6. The summed E-state index contributed by atoms with van der Waals surface area (Å²) < 4.78 is 0. The van der Waals surface area contributed by atoms with Crippen LogP contribution in [-0.2, 0) is 19.5 Å². The fourth-order valence-electron chi connectivity index (χ4n) is 4.12. The second-order valence-electron chi connectivity index (χ2n) is 7.92. The highest BCUT2D eigenvalue weighted by atomic mass is 16.3. The molecule has 154 valence electrons. The maximum atomic E-state index is 13.6. The van der Waals surface area contributed by atoms with Crippen molar-refractivity contribution < 1.29 is 9.90 Å². The number of amides is 2. The molecule has 1 aliphatic heterocycles. The molecule has 3 aromatic rings. The minimum Gasteiger partial charge on any atom is -0.391 e. The number of urea groups is 1. The standard InChI is InChI=1S/C26H28N2O2/c29-25-16-17-27(19-22-12-6-2-7-13-22)26(30)28(20-23-14-8-3-9-15-23)24(25)18-21-10-4-1-5-11-21/h1-15,24-25,29H,16-20H2/t24-,25-/m1/s1. The van der Waals surface area contributed by atoms with Crippen LogP contribution in [0.25, 0.3) is 0 Å². The predicted molar refractivity (Wildman–Crippen MR) is 119 cm³/mol. The van der Waals surface area contributed by atoms with Crippen LogP contribution in [0.15, 0.2) is 91.0 Å². The van der Waals surface area contributed by atoms with Gasteiger partial charge in [-0.1, -0.05) is 91.0 Å². The largest absolute Gasteiger partial charge is 0.391 e. The Morgan fingerprint density at radius 1 is 0.733 bits per heavy atom. The number of aliphatic hydroxyl groups is 1. The molecule has 0 spiro atoms. The minimum absolute atomic E-state index is 0.0137. The monoisotopic (exact) mass is 400 g/mol. The highest BCUT2D eigenvalue weighted by Gasteiger charge is 2.36. The van der Waals surface area contributed by atoms with E-state index >= 15 is 0 Å². The van der Waals surface area contributed by atoms with Gasteiger partial charge in [0.05, 0.1) is 12.1 Å². The van der Waals surface area contributed by atoms with Gasteiger partial charge in [0.15, 0.2) is 0 Å². The molecule has 1 heterocycles. The highest BCUT2D eigenvalue weighted by Crippen LogP contribution is 2.24. The van der Waals surface area contributed by atoms with Crippen molar-refractivity contribution in [2.75, 3.05) is 6.54 Å². The first-order chi connectivity index (χ1) is 14.7. The highest BCUT2D eigenvalue weighted by molar-refractivity contribution is 5.75. The van der Waals surface area contributed by atoms with Crippen molar-refractivity contribution in [1.82, 2.24) is 9.80 Å². The quantitative estimate of drug-likeness (QED) is 0.663. The fourth-order valence-corrected chi connectivity index (χ4v) is 4.12. The van der Waals surface area contributed by atoms with E-state index in [1.165, 1.54) is 0 Å².